The van der Waals surface area contributed by atoms with Crippen molar-refractivity contribution in [1.82, 2.24) is 4.90 Å². The Balaban J connectivity index is 1.59. The summed E-state index contributed by atoms with van der Waals surface area (Å²) in [7, 11) is 6.06. The van der Waals surface area contributed by atoms with E-state index in [0.29, 0.717) is 45.5 Å². The van der Waals surface area contributed by atoms with Gasteiger partial charge < -0.3 is 29.2 Å². The second-order valence-electron chi connectivity index (χ2n) is 10.3. The highest BCUT2D eigenvalue weighted by atomic mass is 16.5. The molecule has 1 aliphatic rings. The van der Waals surface area contributed by atoms with E-state index in [1.807, 2.05) is 0 Å². The van der Waals surface area contributed by atoms with Crippen molar-refractivity contribution in [3.05, 3.63) is 108 Å². The molecular formula is C35H33N3O8. The minimum absolute atomic E-state index is 0.0184. The average molecular weight is 624 g/mol. The summed E-state index contributed by atoms with van der Waals surface area (Å²) in [6.45, 7) is -0.493. The fourth-order valence-corrected chi connectivity index (χ4v) is 5.26. The number of ketones is 1. The van der Waals surface area contributed by atoms with Crippen LogP contribution in [0.1, 0.15) is 27.5 Å². The number of ether oxygens (including phenoxy) is 4. The maximum atomic E-state index is 14.4. The van der Waals surface area contributed by atoms with Gasteiger partial charge in [0.25, 0.3) is 17.6 Å². The van der Waals surface area contributed by atoms with Crippen LogP contribution in [0.15, 0.2) is 91.0 Å². The molecule has 0 radical (unpaired) electrons. The normalized spacial score (nSPS) is 12.7. The van der Waals surface area contributed by atoms with Crippen LogP contribution in [0.2, 0.25) is 0 Å². The lowest BCUT2D eigenvalue weighted by Crippen LogP contribution is -2.46. The van der Waals surface area contributed by atoms with Crippen LogP contribution in [-0.4, -0.2) is 63.4 Å². The van der Waals surface area contributed by atoms with Gasteiger partial charge in [0.1, 0.15) is 24.1 Å². The number of para-hydroxylation sites is 1. The molecule has 4 aromatic carbocycles. The second kappa shape index (κ2) is 13.9. The Morgan fingerprint density at radius 2 is 1.39 bits per heavy atom. The number of benzene rings is 4. The number of carbonyl (C=O) groups excluding carboxylic acids is 4. The van der Waals surface area contributed by atoms with Gasteiger partial charge in [-0.1, -0.05) is 30.3 Å². The molecule has 11 nitrogen and oxygen atoms in total. The van der Waals surface area contributed by atoms with E-state index >= 15 is 0 Å². The van der Waals surface area contributed by atoms with E-state index in [-0.39, 0.29) is 12.1 Å². The summed E-state index contributed by atoms with van der Waals surface area (Å²) in [5, 5.41) is 2.91. The maximum Gasteiger partial charge on any atom is 0.299 e. The van der Waals surface area contributed by atoms with E-state index in [9.17, 15) is 19.2 Å². The first kappa shape index (κ1) is 31.6. The van der Waals surface area contributed by atoms with Gasteiger partial charge in [0.2, 0.25) is 5.91 Å². The zero-order valence-electron chi connectivity index (χ0n) is 25.8. The van der Waals surface area contributed by atoms with Crippen LogP contribution >= 0.6 is 0 Å². The van der Waals surface area contributed by atoms with E-state index in [2.05, 4.69) is 5.32 Å². The zero-order valence-corrected chi connectivity index (χ0v) is 25.8. The standard InChI is InChI=1S/C35H33N3O8/c1-43-25-14-9-22(10-15-25)20-38(31(39)21-37-28-8-6-5-7-27(28)33(40)35(37)42)32(23-11-18-29(45-3)30(19-23)46-4)34(41)36-24-12-16-26(44-2)17-13-24/h5-19,32H,20-21H2,1-4H3,(H,36,41)/t32-/m1/s1. The first-order valence-electron chi connectivity index (χ1n) is 14.3. The molecule has 0 saturated heterocycles. The smallest absolute Gasteiger partial charge is 0.299 e. The molecule has 11 heteroatoms. The van der Waals surface area contributed by atoms with Crippen molar-refractivity contribution in [2.75, 3.05) is 45.2 Å². The number of carbonyl (C=O) groups is 4. The van der Waals surface area contributed by atoms with Crippen LogP contribution in [0.4, 0.5) is 11.4 Å². The number of Topliss-reactive ketones (excluding diaryl/α,β-unsaturated/α-hetero) is 1. The molecule has 1 atom stereocenters. The van der Waals surface area contributed by atoms with E-state index < -0.39 is 36.1 Å². The van der Waals surface area contributed by atoms with Crippen LogP contribution in [-0.2, 0) is 20.9 Å². The van der Waals surface area contributed by atoms with Crippen LogP contribution in [0.5, 0.6) is 23.0 Å². The molecule has 1 aliphatic heterocycles. The highest BCUT2D eigenvalue weighted by molar-refractivity contribution is 6.52. The number of nitrogens with zero attached hydrogens (tertiary/aromatic N) is 2. The lowest BCUT2D eigenvalue weighted by molar-refractivity contribution is -0.139. The molecule has 0 bridgehead atoms. The average Bonchev–Trinajstić information content (AvgIpc) is 3.33. The Morgan fingerprint density at radius 1 is 0.761 bits per heavy atom. The predicted octanol–water partition coefficient (Wildman–Crippen LogP) is 4.66. The summed E-state index contributed by atoms with van der Waals surface area (Å²) in [6, 6.07) is 24.1. The minimum atomic E-state index is -1.21. The van der Waals surface area contributed by atoms with Crippen molar-refractivity contribution in [3.63, 3.8) is 0 Å². The van der Waals surface area contributed by atoms with Gasteiger partial charge in [-0.3, -0.25) is 24.1 Å². The van der Waals surface area contributed by atoms with Crippen molar-refractivity contribution in [1.29, 1.82) is 0 Å². The van der Waals surface area contributed by atoms with E-state index in [4.69, 9.17) is 18.9 Å². The van der Waals surface area contributed by atoms with Crippen LogP contribution in [0.3, 0.4) is 0 Å². The zero-order chi connectivity index (χ0) is 32.8. The molecule has 0 unspecified atom stereocenters. The summed E-state index contributed by atoms with van der Waals surface area (Å²) in [5.74, 6) is -0.589. The summed E-state index contributed by atoms with van der Waals surface area (Å²) in [4.78, 5) is 56.9. The van der Waals surface area contributed by atoms with Crippen molar-refractivity contribution < 1.29 is 38.1 Å². The molecule has 46 heavy (non-hydrogen) atoms. The van der Waals surface area contributed by atoms with Gasteiger partial charge in [0.05, 0.1) is 39.7 Å². The van der Waals surface area contributed by atoms with Gasteiger partial charge in [-0.15, -0.1) is 0 Å². The lowest BCUT2D eigenvalue weighted by Gasteiger charge is -2.33. The molecule has 4 aromatic rings. The highest BCUT2D eigenvalue weighted by Gasteiger charge is 2.39. The minimum Gasteiger partial charge on any atom is -0.497 e. The van der Waals surface area contributed by atoms with Gasteiger partial charge in [0.15, 0.2) is 11.5 Å². The Kier molecular flexibility index (Phi) is 9.51. The van der Waals surface area contributed by atoms with Gasteiger partial charge >= 0.3 is 0 Å². The van der Waals surface area contributed by atoms with E-state index in [1.54, 1.807) is 105 Å². The largest absolute Gasteiger partial charge is 0.497 e. The van der Waals surface area contributed by atoms with Gasteiger partial charge in [0, 0.05) is 12.2 Å². The highest BCUT2D eigenvalue weighted by Crippen LogP contribution is 2.35. The SMILES string of the molecule is COc1ccc(CN(C(=O)CN2C(=O)C(=O)c3ccccc32)[C@@H](C(=O)Nc2ccc(OC)cc2)c2ccc(OC)c(OC)c2)cc1. The Bertz CT molecular complexity index is 1750. The molecule has 0 aromatic heterocycles. The monoisotopic (exact) mass is 623 g/mol. The van der Waals surface area contributed by atoms with Crippen molar-refractivity contribution in [3.8, 4) is 23.0 Å². The number of methoxy groups -OCH3 is 4. The van der Waals surface area contributed by atoms with Crippen molar-refractivity contribution in [2.45, 2.75) is 12.6 Å². The molecule has 1 heterocycles. The molecule has 0 fully saturated rings. The van der Waals surface area contributed by atoms with E-state index in [1.165, 1.54) is 19.1 Å². The first-order chi connectivity index (χ1) is 22.3. The van der Waals surface area contributed by atoms with Crippen molar-refractivity contribution >= 4 is 34.9 Å². The van der Waals surface area contributed by atoms with E-state index in [0.717, 1.165) is 4.90 Å². The number of hydrogen-bond acceptors (Lipinski definition) is 8. The predicted molar refractivity (Wildman–Crippen MR) is 171 cm³/mol. The number of nitrogens with one attached hydrogen (secondary N) is 1. The second-order valence-corrected chi connectivity index (χ2v) is 10.3. The summed E-state index contributed by atoms with van der Waals surface area (Å²) < 4.78 is 21.5. The number of fused-ring (bicyclic) bond motifs is 1. The third-order valence-electron chi connectivity index (χ3n) is 7.65. The number of anilines is 2. The van der Waals surface area contributed by atoms with Gasteiger partial charge in [-0.25, -0.2) is 0 Å². The summed E-state index contributed by atoms with van der Waals surface area (Å²) in [6.07, 6.45) is 0. The molecule has 0 aliphatic carbocycles. The first-order valence-corrected chi connectivity index (χ1v) is 14.3. The lowest BCUT2D eigenvalue weighted by atomic mass is 10.0. The molecule has 236 valence electrons. The van der Waals surface area contributed by atoms with Crippen LogP contribution in [0.25, 0.3) is 0 Å². The molecule has 0 spiro atoms. The number of amides is 3. The quantitative estimate of drug-likeness (QED) is 0.226. The third kappa shape index (κ3) is 6.48. The maximum absolute atomic E-state index is 14.4. The molecular weight excluding hydrogens is 590 g/mol. The van der Waals surface area contributed by atoms with Gasteiger partial charge in [-0.2, -0.15) is 0 Å². The summed E-state index contributed by atoms with van der Waals surface area (Å²) >= 11 is 0. The van der Waals surface area contributed by atoms with Crippen LogP contribution < -0.4 is 29.2 Å². The Morgan fingerprint density at radius 3 is 2.02 bits per heavy atom. The number of hydrogen-bond donors (Lipinski definition) is 1. The molecule has 5 rings (SSSR count). The fourth-order valence-electron chi connectivity index (χ4n) is 5.26. The Hall–Kier alpha value is -5.84. The Labute approximate surface area is 266 Å². The summed E-state index contributed by atoms with van der Waals surface area (Å²) in [5.41, 5.74) is 2.15. The van der Waals surface area contributed by atoms with Crippen LogP contribution in [0, 0.1) is 0 Å². The van der Waals surface area contributed by atoms with Gasteiger partial charge in [-0.05, 0) is 71.8 Å². The fraction of sp³-hybridized carbons (Fsp3) is 0.200. The van der Waals surface area contributed by atoms with Crippen molar-refractivity contribution in [2.24, 2.45) is 0 Å². The number of rotatable bonds is 12. The third-order valence-corrected chi connectivity index (χ3v) is 7.65. The molecule has 0 saturated carbocycles. The molecule has 3 amide bonds. The molecule has 1 N–H and O–H groups in total. The topological polar surface area (TPSA) is 124 Å².